The smallest absolute Gasteiger partial charge is 0.326 e. The number of rotatable bonds is 10. The SMILES string of the molecule is CC(CS)C(=O)N1CCC[C@H]1C(=O)NC(=Cc1ccccc1)C(=O)N[C@@H](Cc1cnc[nH]1)C(=O)O. The number of aliphatic carboxylic acids is 1. The molecule has 10 nitrogen and oxygen atoms in total. The number of thiol groups is 1. The van der Waals surface area contributed by atoms with Crippen molar-refractivity contribution in [3.8, 4) is 0 Å². The molecule has 186 valence electrons. The van der Waals surface area contributed by atoms with Crippen molar-refractivity contribution >= 4 is 42.4 Å². The monoisotopic (exact) mass is 499 g/mol. The maximum atomic E-state index is 13.2. The molecule has 1 saturated heterocycles. The molecule has 0 spiro atoms. The molecule has 11 heteroatoms. The lowest BCUT2D eigenvalue weighted by Gasteiger charge is -2.26. The number of H-pyrrole nitrogens is 1. The van der Waals surface area contributed by atoms with E-state index in [4.69, 9.17) is 0 Å². The minimum absolute atomic E-state index is 0.0137. The number of imidazole rings is 1. The van der Waals surface area contributed by atoms with E-state index >= 15 is 0 Å². The zero-order valence-corrected chi connectivity index (χ0v) is 20.2. The van der Waals surface area contributed by atoms with Crippen LogP contribution in [0.3, 0.4) is 0 Å². The maximum absolute atomic E-state index is 13.2. The van der Waals surface area contributed by atoms with E-state index in [9.17, 15) is 24.3 Å². The molecule has 3 amide bonds. The maximum Gasteiger partial charge on any atom is 0.326 e. The van der Waals surface area contributed by atoms with Gasteiger partial charge in [0, 0.05) is 36.5 Å². The molecule has 1 unspecified atom stereocenters. The molecule has 0 bridgehead atoms. The van der Waals surface area contributed by atoms with Crippen molar-refractivity contribution in [3.63, 3.8) is 0 Å². The van der Waals surface area contributed by atoms with Crippen LogP contribution < -0.4 is 10.6 Å². The highest BCUT2D eigenvalue weighted by atomic mass is 32.1. The summed E-state index contributed by atoms with van der Waals surface area (Å²) in [7, 11) is 0. The van der Waals surface area contributed by atoms with Crippen molar-refractivity contribution in [2.24, 2.45) is 5.92 Å². The van der Waals surface area contributed by atoms with Crippen LogP contribution in [0.4, 0.5) is 0 Å². The number of amides is 3. The quantitative estimate of drug-likeness (QED) is 0.246. The molecule has 2 aromatic rings. The number of hydrogen-bond donors (Lipinski definition) is 5. The number of carbonyl (C=O) groups excluding carboxylic acids is 3. The highest BCUT2D eigenvalue weighted by molar-refractivity contribution is 7.80. The largest absolute Gasteiger partial charge is 0.480 e. The van der Waals surface area contributed by atoms with Gasteiger partial charge in [-0.05, 0) is 24.5 Å². The minimum Gasteiger partial charge on any atom is -0.480 e. The minimum atomic E-state index is -1.25. The molecule has 4 N–H and O–H groups in total. The summed E-state index contributed by atoms with van der Waals surface area (Å²) in [4.78, 5) is 59.0. The fourth-order valence-corrected chi connectivity index (χ4v) is 3.96. The summed E-state index contributed by atoms with van der Waals surface area (Å²) < 4.78 is 0. The van der Waals surface area contributed by atoms with Crippen LogP contribution in [0.1, 0.15) is 31.0 Å². The number of aromatic amines is 1. The Morgan fingerprint density at radius 2 is 2.03 bits per heavy atom. The second kappa shape index (κ2) is 12.2. The van der Waals surface area contributed by atoms with Crippen LogP contribution in [0, 0.1) is 5.92 Å². The molecule has 2 heterocycles. The van der Waals surface area contributed by atoms with Gasteiger partial charge >= 0.3 is 5.97 Å². The number of carboxylic acid groups (broad SMARTS) is 1. The van der Waals surface area contributed by atoms with Crippen LogP contribution in [0.2, 0.25) is 0 Å². The zero-order chi connectivity index (χ0) is 25.4. The van der Waals surface area contributed by atoms with Gasteiger partial charge in [0.25, 0.3) is 5.91 Å². The number of nitrogens with zero attached hydrogens (tertiary/aromatic N) is 2. The van der Waals surface area contributed by atoms with E-state index < -0.39 is 29.9 Å². The van der Waals surface area contributed by atoms with Crippen LogP contribution >= 0.6 is 12.6 Å². The molecule has 3 rings (SSSR count). The first-order valence-electron chi connectivity index (χ1n) is 11.3. The standard InChI is InChI=1S/C24H29N5O5S/c1-15(13-35)23(32)29-9-5-8-20(29)22(31)27-18(10-16-6-3-2-4-7-16)21(30)28-19(24(33)34)11-17-12-25-14-26-17/h2-4,6-7,10,12,14-15,19-20,35H,5,8-9,11,13H2,1H3,(H,25,26)(H,27,31)(H,28,30)(H,33,34)/t15?,19-,20-/m0/s1. The van der Waals surface area contributed by atoms with Gasteiger partial charge in [-0.3, -0.25) is 14.4 Å². The Bertz CT molecular complexity index is 1070. The molecule has 35 heavy (non-hydrogen) atoms. The van der Waals surface area contributed by atoms with E-state index in [1.165, 1.54) is 23.5 Å². The number of benzene rings is 1. The van der Waals surface area contributed by atoms with Crippen LogP contribution in [0.5, 0.6) is 0 Å². The molecule has 0 saturated carbocycles. The molecule has 1 aromatic heterocycles. The lowest BCUT2D eigenvalue weighted by Crippen LogP contribution is -2.50. The fourth-order valence-electron chi connectivity index (χ4n) is 3.81. The van der Waals surface area contributed by atoms with Gasteiger partial charge in [-0.25, -0.2) is 9.78 Å². The average Bonchev–Trinajstić information content (AvgIpc) is 3.55. The van der Waals surface area contributed by atoms with Crippen molar-refractivity contribution in [2.75, 3.05) is 12.3 Å². The van der Waals surface area contributed by atoms with Gasteiger partial charge in [0.15, 0.2) is 0 Å². The van der Waals surface area contributed by atoms with E-state index in [2.05, 4.69) is 33.2 Å². The van der Waals surface area contributed by atoms with E-state index in [-0.39, 0.29) is 23.9 Å². The summed E-state index contributed by atoms with van der Waals surface area (Å²) in [6.45, 7) is 2.20. The summed E-state index contributed by atoms with van der Waals surface area (Å²) in [5, 5.41) is 14.7. The Morgan fingerprint density at radius 3 is 2.66 bits per heavy atom. The van der Waals surface area contributed by atoms with Crippen molar-refractivity contribution < 1.29 is 24.3 Å². The average molecular weight is 500 g/mol. The highest BCUT2D eigenvalue weighted by Gasteiger charge is 2.36. The normalized spacial score (nSPS) is 17.5. The van der Waals surface area contributed by atoms with Gasteiger partial charge in [0.1, 0.15) is 17.8 Å². The molecule has 0 aliphatic carbocycles. The number of carbonyl (C=O) groups is 4. The molecule has 3 atom stereocenters. The van der Waals surface area contributed by atoms with Gasteiger partial charge in [0.05, 0.1) is 6.33 Å². The third kappa shape index (κ3) is 6.95. The van der Waals surface area contributed by atoms with Crippen molar-refractivity contribution in [2.45, 2.75) is 38.3 Å². The van der Waals surface area contributed by atoms with E-state index in [0.29, 0.717) is 36.4 Å². The number of likely N-dealkylation sites (tertiary alicyclic amines) is 1. The second-order valence-corrected chi connectivity index (χ2v) is 8.74. The fraction of sp³-hybridized carbons (Fsp3) is 0.375. The van der Waals surface area contributed by atoms with Crippen LogP contribution in [-0.2, 0) is 25.6 Å². The van der Waals surface area contributed by atoms with Gasteiger partial charge < -0.3 is 25.6 Å². The Balaban J connectivity index is 1.81. The number of aromatic nitrogens is 2. The van der Waals surface area contributed by atoms with E-state index in [0.717, 1.165) is 0 Å². The Morgan fingerprint density at radius 1 is 1.29 bits per heavy atom. The number of hydrogen-bond acceptors (Lipinski definition) is 6. The van der Waals surface area contributed by atoms with Crippen LogP contribution in [0.25, 0.3) is 6.08 Å². The first-order chi connectivity index (χ1) is 16.8. The molecular formula is C24H29N5O5S. The zero-order valence-electron chi connectivity index (χ0n) is 19.3. The van der Waals surface area contributed by atoms with Gasteiger partial charge in [-0.2, -0.15) is 12.6 Å². The van der Waals surface area contributed by atoms with Crippen molar-refractivity contribution in [1.82, 2.24) is 25.5 Å². The Labute approximate surface area is 208 Å². The second-order valence-electron chi connectivity index (χ2n) is 8.38. The van der Waals surface area contributed by atoms with Crippen molar-refractivity contribution in [3.05, 3.63) is 59.8 Å². The highest BCUT2D eigenvalue weighted by Crippen LogP contribution is 2.21. The summed E-state index contributed by atoms with van der Waals surface area (Å²) in [5.74, 6) is -2.63. The number of nitrogens with one attached hydrogen (secondary N) is 3. The van der Waals surface area contributed by atoms with Gasteiger partial charge in [0.2, 0.25) is 11.8 Å². The molecule has 1 aliphatic rings. The Kier molecular flexibility index (Phi) is 9.07. The van der Waals surface area contributed by atoms with Crippen LogP contribution in [0.15, 0.2) is 48.6 Å². The predicted molar refractivity (Wildman–Crippen MR) is 132 cm³/mol. The summed E-state index contributed by atoms with van der Waals surface area (Å²) in [5.41, 5.74) is 1.06. The lowest BCUT2D eigenvalue weighted by atomic mass is 10.1. The lowest BCUT2D eigenvalue weighted by molar-refractivity contribution is -0.141. The van der Waals surface area contributed by atoms with E-state index in [1.54, 1.807) is 31.2 Å². The number of carboxylic acids is 1. The first-order valence-corrected chi connectivity index (χ1v) is 11.9. The predicted octanol–water partition coefficient (Wildman–Crippen LogP) is 1.24. The topological polar surface area (TPSA) is 144 Å². The summed E-state index contributed by atoms with van der Waals surface area (Å²) >= 11 is 4.18. The summed E-state index contributed by atoms with van der Waals surface area (Å²) in [6, 6.07) is 6.88. The first kappa shape index (κ1) is 26.0. The molecule has 1 aliphatic heterocycles. The Hall–Kier alpha value is -3.60. The third-order valence-electron chi connectivity index (χ3n) is 5.73. The van der Waals surface area contributed by atoms with Gasteiger partial charge in [-0.15, -0.1) is 0 Å². The van der Waals surface area contributed by atoms with E-state index in [1.807, 2.05) is 6.07 Å². The van der Waals surface area contributed by atoms with Gasteiger partial charge in [-0.1, -0.05) is 37.3 Å². The van der Waals surface area contributed by atoms with Crippen LogP contribution in [-0.4, -0.2) is 68.0 Å². The molecular weight excluding hydrogens is 470 g/mol. The third-order valence-corrected chi connectivity index (χ3v) is 6.28. The van der Waals surface area contributed by atoms with Crippen molar-refractivity contribution in [1.29, 1.82) is 0 Å². The molecule has 0 radical (unpaired) electrons. The molecule has 1 fully saturated rings. The molecule has 1 aromatic carbocycles. The summed E-state index contributed by atoms with van der Waals surface area (Å²) in [6.07, 6.45) is 5.48.